The van der Waals surface area contributed by atoms with Crippen LogP contribution in [0.3, 0.4) is 0 Å². The van der Waals surface area contributed by atoms with Gasteiger partial charge in [0.25, 0.3) is 0 Å². The molecule has 0 unspecified atom stereocenters. The van der Waals surface area contributed by atoms with Crippen LogP contribution in [0.2, 0.25) is 0 Å². The number of halogens is 1. The van der Waals surface area contributed by atoms with Crippen LogP contribution in [0.1, 0.15) is 25.3 Å². The second kappa shape index (κ2) is 10.6. The number of anilines is 1. The molecule has 0 atom stereocenters. The number of carbonyl (C=O) groups excluding carboxylic acids is 2. The number of pyridine rings is 1. The fraction of sp³-hybridized carbons (Fsp3) is 0.316. The average molecular weight is 420 g/mol. The maximum absolute atomic E-state index is 12.3. The first-order valence-corrected chi connectivity index (χ1v) is 9.26. The molecule has 0 aliphatic carbocycles. The van der Waals surface area contributed by atoms with Gasteiger partial charge in [-0.05, 0) is 47.0 Å². The smallest absolute Gasteiger partial charge is 0.407 e. The summed E-state index contributed by atoms with van der Waals surface area (Å²) in [5.41, 5.74) is 0.929. The van der Waals surface area contributed by atoms with Crippen LogP contribution in [0.5, 0.6) is 0 Å². The van der Waals surface area contributed by atoms with Gasteiger partial charge in [0, 0.05) is 30.2 Å². The number of alkyl carbamates (subject to hydrolysis) is 1. The van der Waals surface area contributed by atoms with E-state index in [4.69, 9.17) is 4.74 Å². The minimum Gasteiger partial charge on any atom is -0.445 e. The maximum Gasteiger partial charge on any atom is 0.407 e. The van der Waals surface area contributed by atoms with Gasteiger partial charge in [0.2, 0.25) is 5.91 Å². The number of nitrogens with zero attached hydrogens (tertiary/aromatic N) is 2. The zero-order chi connectivity index (χ0) is 18.8. The van der Waals surface area contributed by atoms with Crippen molar-refractivity contribution in [3.05, 3.63) is 58.7 Å². The summed E-state index contributed by atoms with van der Waals surface area (Å²) >= 11 is 3.33. The zero-order valence-corrected chi connectivity index (χ0v) is 16.2. The maximum atomic E-state index is 12.3. The fourth-order valence-electron chi connectivity index (χ4n) is 2.33. The van der Waals surface area contributed by atoms with E-state index in [1.165, 1.54) is 0 Å². The third-order valence-electron chi connectivity index (χ3n) is 3.66. The van der Waals surface area contributed by atoms with Crippen molar-refractivity contribution in [2.75, 3.05) is 18.0 Å². The van der Waals surface area contributed by atoms with Gasteiger partial charge in [0.1, 0.15) is 12.4 Å². The van der Waals surface area contributed by atoms with E-state index in [0.29, 0.717) is 31.7 Å². The molecule has 1 heterocycles. The molecule has 0 aliphatic rings. The Kier molecular flexibility index (Phi) is 8.08. The van der Waals surface area contributed by atoms with E-state index in [-0.39, 0.29) is 12.5 Å². The minimum atomic E-state index is -0.483. The second-order valence-corrected chi connectivity index (χ2v) is 6.48. The molecule has 26 heavy (non-hydrogen) atoms. The van der Waals surface area contributed by atoms with Crippen molar-refractivity contribution in [2.24, 2.45) is 0 Å². The zero-order valence-electron chi connectivity index (χ0n) is 14.7. The van der Waals surface area contributed by atoms with Crippen molar-refractivity contribution in [2.45, 2.75) is 26.4 Å². The molecule has 2 amide bonds. The number of carbonyl (C=O) groups is 2. The minimum absolute atomic E-state index is 0.0261. The number of rotatable bonds is 8. The summed E-state index contributed by atoms with van der Waals surface area (Å²) in [4.78, 5) is 29.9. The lowest BCUT2D eigenvalue weighted by Gasteiger charge is -2.19. The van der Waals surface area contributed by atoms with E-state index in [2.05, 4.69) is 26.2 Å². The Balaban J connectivity index is 1.68. The second-order valence-electron chi connectivity index (χ2n) is 5.56. The Hall–Kier alpha value is -2.41. The molecule has 7 heteroatoms. The lowest BCUT2D eigenvalue weighted by atomic mass is 10.2. The van der Waals surface area contributed by atoms with E-state index in [1.54, 1.807) is 17.2 Å². The first-order chi connectivity index (χ1) is 12.6. The highest BCUT2D eigenvalue weighted by atomic mass is 79.9. The number of aromatic nitrogens is 1. The van der Waals surface area contributed by atoms with Crippen molar-refractivity contribution < 1.29 is 14.3 Å². The molecule has 1 aromatic carbocycles. The number of benzene rings is 1. The molecule has 0 saturated heterocycles. The summed E-state index contributed by atoms with van der Waals surface area (Å²) in [6, 6.07) is 13.1. The van der Waals surface area contributed by atoms with Crippen LogP contribution in [0.25, 0.3) is 0 Å². The summed E-state index contributed by atoms with van der Waals surface area (Å²) in [6.07, 6.45) is 2.04. The number of ether oxygens (including phenoxy) is 1. The van der Waals surface area contributed by atoms with Crippen molar-refractivity contribution in [1.29, 1.82) is 0 Å². The van der Waals surface area contributed by atoms with Gasteiger partial charge < -0.3 is 10.1 Å². The van der Waals surface area contributed by atoms with E-state index in [0.717, 1.165) is 10.0 Å². The molecule has 2 aromatic rings. The van der Waals surface area contributed by atoms with E-state index >= 15 is 0 Å². The molecule has 6 nitrogen and oxygen atoms in total. The molecule has 0 saturated carbocycles. The first-order valence-electron chi connectivity index (χ1n) is 8.46. The van der Waals surface area contributed by atoms with Crippen LogP contribution in [-0.4, -0.2) is 30.1 Å². The van der Waals surface area contributed by atoms with Gasteiger partial charge in [-0.2, -0.15) is 0 Å². The van der Waals surface area contributed by atoms with Gasteiger partial charge >= 0.3 is 6.09 Å². The monoisotopic (exact) mass is 419 g/mol. The van der Waals surface area contributed by atoms with Gasteiger partial charge in [0.05, 0.1) is 0 Å². The predicted octanol–water partition coefficient (Wildman–Crippen LogP) is 3.90. The van der Waals surface area contributed by atoms with Crippen molar-refractivity contribution in [1.82, 2.24) is 10.3 Å². The van der Waals surface area contributed by atoms with Crippen LogP contribution in [0, 0.1) is 0 Å². The topological polar surface area (TPSA) is 71.5 Å². The third kappa shape index (κ3) is 6.48. The van der Waals surface area contributed by atoms with Gasteiger partial charge in [-0.3, -0.25) is 9.69 Å². The van der Waals surface area contributed by atoms with Gasteiger partial charge in [-0.15, -0.1) is 0 Å². The quantitative estimate of drug-likeness (QED) is 0.658. The Morgan fingerprint density at radius 1 is 1.19 bits per heavy atom. The van der Waals surface area contributed by atoms with E-state index in [9.17, 15) is 9.59 Å². The lowest BCUT2D eigenvalue weighted by Crippen LogP contribution is -2.32. The Labute approximate surface area is 161 Å². The molecule has 0 aliphatic heterocycles. The molecular formula is C19H22BrN3O3. The molecule has 1 aromatic heterocycles. The van der Waals surface area contributed by atoms with Crippen LogP contribution in [0.4, 0.5) is 10.6 Å². The SMILES string of the molecule is CCN(C(=O)CCCNC(=O)OCc1ccccc1)c1ccc(Br)cn1. The summed E-state index contributed by atoms with van der Waals surface area (Å²) in [7, 11) is 0. The molecule has 138 valence electrons. The summed E-state index contributed by atoms with van der Waals surface area (Å²) in [6.45, 7) is 3.05. The van der Waals surface area contributed by atoms with Crippen molar-refractivity contribution >= 4 is 33.7 Å². The van der Waals surface area contributed by atoms with Crippen LogP contribution in [-0.2, 0) is 16.1 Å². The van der Waals surface area contributed by atoms with Crippen LogP contribution >= 0.6 is 15.9 Å². The van der Waals surface area contributed by atoms with Gasteiger partial charge in [-0.1, -0.05) is 30.3 Å². The number of hydrogen-bond acceptors (Lipinski definition) is 4. The third-order valence-corrected chi connectivity index (χ3v) is 4.12. The summed E-state index contributed by atoms with van der Waals surface area (Å²) in [5.74, 6) is 0.595. The summed E-state index contributed by atoms with van der Waals surface area (Å²) in [5, 5.41) is 2.66. The molecular weight excluding hydrogens is 398 g/mol. The van der Waals surface area contributed by atoms with Crippen molar-refractivity contribution in [3.8, 4) is 0 Å². The molecule has 2 rings (SSSR count). The largest absolute Gasteiger partial charge is 0.445 e. The number of amides is 2. The van der Waals surface area contributed by atoms with Gasteiger partial charge in [-0.25, -0.2) is 9.78 Å². The Bertz CT molecular complexity index is 708. The molecule has 0 radical (unpaired) electrons. The number of hydrogen-bond donors (Lipinski definition) is 1. The van der Waals surface area contributed by atoms with Crippen LogP contribution in [0.15, 0.2) is 53.1 Å². The normalized spacial score (nSPS) is 10.2. The predicted molar refractivity (Wildman–Crippen MR) is 104 cm³/mol. The summed E-state index contributed by atoms with van der Waals surface area (Å²) < 4.78 is 5.99. The lowest BCUT2D eigenvalue weighted by molar-refractivity contribution is -0.118. The van der Waals surface area contributed by atoms with E-state index < -0.39 is 6.09 Å². The first kappa shape index (κ1) is 19.9. The van der Waals surface area contributed by atoms with Crippen molar-refractivity contribution in [3.63, 3.8) is 0 Å². The Morgan fingerprint density at radius 2 is 1.96 bits per heavy atom. The molecule has 0 fully saturated rings. The van der Waals surface area contributed by atoms with E-state index in [1.807, 2.05) is 43.3 Å². The van der Waals surface area contributed by atoms with Crippen LogP contribution < -0.4 is 10.2 Å². The highest BCUT2D eigenvalue weighted by Crippen LogP contribution is 2.15. The highest BCUT2D eigenvalue weighted by Gasteiger charge is 2.14. The number of nitrogens with one attached hydrogen (secondary N) is 1. The fourth-order valence-corrected chi connectivity index (χ4v) is 2.57. The van der Waals surface area contributed by atoms with Gasteiger partial charge in [0.15, 0.2) is 0 Å². The highest BCUT2D eigenvalue weighted by molar-refractivity contribution is 9.10. The standard InChI is InChI=1S/C19H22BrN3O3/c1-2-23(17-11-10-16(20)13-22-17)18(24)9-6-12-21-19(25)26-14-15-7-4-3-5-8-15/h3-5,7-8,10-11,13H,2,6,9,12,14H2,1H3,(H,21,25). The molecule has 0 bridgehead atoms. The molecule has 0 spiro atoms. The molecule has 1 N–H and O–H groups in total. The average Bonchev–Trinajstić information content (AvgIpc) is 2.66. The Morgan fingerprint density at radius 3 is 2.62 bits per heavy atom.